The molecule has 5 rings (SSSR count). The van der Waals surface area contributed by atoms with Crippen LogP contribution in [0.15, 0.2) is 38.6 Å². The number of rotatable bonds is 11. The lowest BCUT2D eigenvalue weighted by molar-refractivity contribution is -0.157. The van der Waals surface area contributed by atoms with Crippen LogP contribution in [0.25, 0.3) is 0 Å². The number of phenolic OH excluding ortho intramolecular Hbond substituents is 2. The summed E-state index contributed by atoms with van der Waals surface area (Å²) in [5.41, 5.74) is 9.74. The van der Waals surface area contributed by atoms with Gasteiger partial charge in [-0.2, -0.15) is 0 Å². The number of amides is 4. The maximum atomic E-state index is 13.3. The third-order valence-electron chi connectivity index (χ3n) is 6.58. The van der Waals surface area contributed by atoms with E-state index in [9.17, 15) is 39.3 Å². The fourth-order valence-corrected chi connectivity index (χ4v) is 8.09. The molecule has 2 aliphatic rings. The standard InChI is InChI=1S/C24H23N9O9S4.ClH/c25-22-27-11(5-43-22)15(32-42-4-14(36)29-30-17(37)10-1-2-12(34)13(35)3-10)18(38)28-16-19(39)33-6-24(21(40)41,7-44-20(16)33)8-45-23-31-26-9-46-23;/h1-3,5,9,16,20,34-35H,4,6-8H2,(H2,25,27)(H,28,38)(H,29,36)(H,30,37)(H,40,41);1H/t16?,20-,24?;/m1./s1. The molecule has 47 heavy (non-hydrogen) atoms. The van der Waals surface area contributed by atoms with Gasteiger partial charge in [0, 0.05) is 29.0 Å². The number of oxime groups is 1. The molecule has 0 bridgehead atoms. The SMILES string of the molecule is Cl.Nc1nc(C(=NOCC(=O)NNC(=O)c2ccc(O)c(O)c2)C(=O)NC2C(=O)N3CC(CSc4nncs4)(C(=O)O)CS[C@H]23)cs1. The zero-order valence-electron chi connectivity index (χ0n) is 23.5. The number of aromatic nitrogens is 3. The highest BCUT2D eigenvalue weighted by molar-refractivity contribution is 8.01. The summed E-state index contributed by atoms with van der Waals surface area (Å²) in [5.74, 6) is -4.66. The summed E-state index contributed by atoms with van der Waals surface area (Å²) in [7, 11) is 0. The van der Waals surface area contributed by atoms with Crippen LogP contribution in [0.5, 0.6) is 11.5 Å². The maximum absolute atomic E-state index is 13.3. The third kappa shape index (κ3) is 7.96. The van der Waals surface area contributed by atoms with Crippen molar-refractivity contribution in [2.75, 3.05) is 30.4 Å². The number of aromatic hydroxyl groups is 2. The van der Waals surface area contributed by atoms with E-state index in [1.807, 2.05) is 0 Å². The van der Waals surface area contributed by atoms with Gasteiger partial charge >= 0.3 is 5.97 Å². The number of aliphatic carboxylic acids is 1. The van der Waals surface area contributed by atoms with Gasteiger partial charge in [0.05, 0.1) is 0 Å². The molecule has 2 saturated heterocycles. The normalized spacial score (nSPS) is 20.2. The van der Waals surface area contributed by atoms with Crippen molar-refractivity contribution in [1.29, 1.82) is 0 Å². The van der Waals surface area contributed by atoms with E-state index < -0.39 is 64.5 Å². The summed E-state index contributed by atoms with van der Waals surface area (Å²) in [5, 5.41) is 43.9. The Labute approximate surface area is 286 Å². The number of nitrogen functional groups attached to an aromatic ring is 1. The fourth-order valence-electron chi connectivity index (χ4n) is 4.20. The molecule has 3 aromatic rings. The third-order valence-corrected chi connectivity index (χ3v) is 11.0. The van der Waals surface area contributed by atoms with Crippen LogP contribution in [0.2, 0.25) is 0 Å². The lowest BCUT2D eigenvalue weighted by Gasteiger charge is -2.53. The molecule has 4 amide bonds. The number of anilines is 1. The van der Waals surface area contributed by atoms with Gasteiger partial charge in [-0.1, -0.05) is 28.3 Å². The van der Waals surface area contributed by atoms with Crippen molar-refractivity contribution in [3.05, 3.63) is 40.3 Å². The predicted octanol–water partition coefficient (Wildman–Crippen LogP) is -0.145. The number of thiazole rings is 1. The summed E-state index contributed by atoms with van der Waals surface area (Å²) >= 11 is 4.77. The van der Waals surface area contributed by atoms with Gasteiger partial charge in [0.2, 0.25) is 5.91 Å². The molecule has 23 heteroatoms. The van der Waals surface area contributed by atoms with Crippen LogP contribution in [0.1, 0.15) is 16.1 Å². The van der Waals surface area contributed by atoms with Crippen LogP contribution in [0.3, 0.4) is 0 Å². The highest BCUT2D eigenvalue weighted by Crippen LogP contribution is 2.44. The number of hydrogen-bond acceptors (Lipinski definition) is 17. The zero-order chi connectivity index (χ0) is 33.0. The molecule has 0 saturated carbocycles. The number of β-lactam (4-membered cyclic amide) rings is 1. The minimum atomic E-state index is -1.23. The number of hydrogen-bond donors (Lipinski definition) is 7. The first kappa shape index (κ1) is 35.5. The topological polar surface area (TPSA) is 272 Å². The van der Waals surface area contributed by atoms with Gasteiger partial charge in [0.1, 0.15) is 28.0 Å². The summed E-state index contributed by atoms with van der Waals surface area (Å²) < 4.78 is 0.613. The Hall–Kier alpha value is -4.38. The van der Waals surface area contributed by atoms with E-state index in [1.165, 1.54) is 51.2 Å². The molecule has 3 atom stereocenters. The van der Waals surface area contributed by atoms with Crippen molar-refractivity contribution in [3.63, 3.8) is 0 Å². The van der Waals surface area contributed by atoms with Gasteiger partial charge in [0.25, 0.3) is 17.7 Å². The van der Waals surface area contributed by atoms with Crippen molar-refractivity contribution in [2.45, 2.75) is 15.8 Å². The minimum absolute atomic E-state index is 0. The highest BCUT2D eigenvalue weighted by atomic mass is 35.5. The zero-order valence-corrected chi connectivity index (χ0v) is 27.6. The van der Waals surface area contributed by atoms with Gasteiger partial charge in [-0.25, -0.2) is 4.98 Å². The lowest BCUT2D eigenvalue weighted by Crippen LogP contribution is -2.74. The van der Waals surface area contributed by atoms with Crippen molar-refractivity contribution < 1.29 is 44.1 Å². The monoisotopic (exact) mass is 745 g/mol. The fraction of sp³-hybridized carbons (Fsp3) is 0.292. The van der Waals surface area contributed by atoms with E-state index in [2.05, 4.69) is 36.5 Å². The largest absolute Gasteiger partial charge is 0.504 e. The van der Waals surface area contributed by atoms with Gasteiger partial charge in [0.15, 0.2) is 33.3 Å². The summed E-state index contributed by atoms with van der Waals surface area (Å²) in [6.07, 6.45) is 0. The smallest absolute Gasteiger partial charge is 0.313 e. The first-order valence-electron chi connectivity index (χ1n) is 12.9. The molecule has 18 nitrogen and oxygen atoms in total. The number of hydrazine groups is 1. The van der Waals surface area contributed by atoms with Crippen molar-refractivity contribution in [1.82, 2.24) is 36.2 Å². The molecule has 250 valence electrons. The quantitative estimate of drug-likeness (QED) is 0.0442. The number of carboxylic acids is 1. The Kier molecular flexibility index (Phi) is 11.3. The Morgan fingerprint density at radius 1 is 1.19 bits per heavy atom. The van der Waals surface area contributed by atoms with E-state index in [0.717, 1.165) is 23.5 Å². The summed E-state index contributed by atoms with van der Waals surface area (Å²) in [6.45, 7) is -0.804. The molecule has 0 radical (unpaired) electrons. The molecular formula is C24H24ClN9O9S4. The molecule has 1 aromatic carbocycles. The van der Waals surface area contributed by atoms with Crippen LogP contribution in [0.4, 0.5) is 5.13 Å². The van der Waals surface area contributed by atoms with E-state index in [1.54, 1.807) is 5.51 Å². The molecular weight excluding hydrogens is 722 g/mol. The van der Waals surface area contributed by atoms with Crippen LogP contribution in [-0.4, -0.2) is 107 Å². The molecule has 2 fully saturated rings. The number of carbonyl (C=O) groups is 5. The van der Waals surface area contributed by atoms with Gasteiger partial charge in [-0.15, -0.1) is 45.7 Å². The number of carboxylic acid groups (broad SMARTS) is 1. The van der Waals surface area contributed by atoms with Crippen molar-refractivity contribution >= 4 is 99.0 Å². The van der Waals surface area contributed by atoms with Crippen LogP contribution in [-0.2, 0) is 24.0 Å². The maximum Gasteiger partial charge on any atom is 0.313 e. The predicted molar refractivity (Wildman–Crippen MR) is 172 cm³/mol. The van der Waals surface area contributed by atoms with E-state index >= 15 is 0 Å². The number of halogens is 1. The van der Waals surface area contributed by atoms with Crippen molar-refractivity contribution in [3.8, 4) is 11.5 Å². The first-order valence-corrected chi connectivity index (χ1v) is 16.6. The summed E-state index contributed by atoms with van der Waals surface area (Å²) in [4.78, 5) is 73.4. The molecule has 8 N–H and O–H groups in total. The van der Waals surface area contributed by atoms with E-state index in [4.69, 9.17) is 10.6 Å². The Bertz CT molecular complexity index is 1710. The Morgan fingerprint density at radius 2 is 1.98 bits per heavy atom. The molecule has 0 spiro atoms. The number of fused-ring (bicyclic) bond motifs is 1. The van der Waals surface area contributed by atoms with Crippen LogP contribution >= 0.6 is 58.6 Å². The second-order valence-corrected chi connectivity index (χ2v) is 13.7. The van der Waals surface area contributed by atoms with Crippen LogP contribution in [0, 0.1) is 5.41 Å². The number of carbonyl (C=O) groups excluding carboxylic acids is 4. The molecule has 2 aromatic heterocycles. The Morgan fingerprint density at radius 3 is 2.64 bits per heavy atom. The lowest BCUT2D eigenvalue weighted by atomic mass is 9.89. The minimum Gasteiger partial charge on any atom is -0.504 e. The second-order valence-electron chi connectivity index (χ2n) is 9.69. The molecule has 0 aliphatic carbocycles. The molecule has 4 heterocycles. The van der Waals surface area contributed by atoms with E-state index in [-0.39, 0.29) is 52.6 Å². The van der Waals surface area contributed by atoms with E-state index in [0.29, 0.717) is 4.34 Å². The van der Waals surface area contributed by atoms with Gasteiger partial charge < -0.3 is 36.1 Å². The van der Waals surface area contributed by atoms with Crippen LogP contribution < -0.4 is 21.9 Å². The highest BCUT2D eigenvalue weighted by Gasteiger charge is 2.57. The first-order chi connectivity index (χ1) is 22.0. The number of thioether (sulfide) groups is 2. The number of nitrogens with zero attached hydrogens (tertiary/aromatic N) is 5. The second kappa shape index (κ2) is 15.0. The van der Waals surface area contributed by atoms with Crippen molar-refractivity contribution in [2.24, 2.45) is 10.6 Å². The number of nitrogens with two attached hydrogens (primary N) is 1. The number of phenols is 2. The average Bonchev–Trinajstić information content (AvgIpc) is 3.72. The molecule has 2 aliphatic heterocycles. The van der Waals surface area contributed by atoms with Gasteiger partial charge in [-0.3, -0.25) is 34.8 Å². The molecule has 2 unspecified atom stereocenters. The Balaban J connectivity index is 0.00000500. The van der Waals surface area contributed by atoms with Gasteiger partial charge in [-0.05, 0) is 18.2 Å². The summed E-state index contributed by atoms with van der Waals surface area (Å²) in [6, 6.07) is 2.31. The number of nitrogens with one attached hydrogen (secondary N) is 3. The average molecular weight is 746 g/mol. The number of benzene rings is 1.